The van der Waals surface area contributed by atoms with Gasteiger partial charge in [0.05, 0.1) is 10.6 Å². The second-order valence-electron chi connectivity index (χ2n) is 5.97. The molecule has 0 fully saturated rings. The van der Waals surface area contributed by atoms with E-state index in [-0.39, 0.29) is 17.2 Å². The average Bonchev–Trinajstić information content (AvgIpc) is 2.38. The van der Waals surface area contributed by atoms with Crippen LogP contribution in [-0.2, 0) is 9.84 Å². The minimum atomic E-state index is -3.13. The van der Waals surface area contributed by atoms with Crippen LogP contribution in [0, 0.1) is 5.41 Å². The molecule has 3 nitrogen and oxygen atoms in total. The molecule has 0 heterocycles. The molecule has 5 heteroatoms. The smallest absolute Gasteiger partial charge is 0.178 e. The Morgan fingerprint density at radius 1 is 1.20 bits per heavy atom. The highest BCUT2D eigenvalue weighted by molar-refractivity contribution is 7.91. The number of nitrogens with one attached hydrogen (secondary N) is 1. The average molecular weight is 318 g/mol. The third-order valence-corrected chi connectivity index (χ3v) is 5.35. The predicted molar refractivity (Wildman–Crippen MR) is 86.4 cm³/mol. The first-order chi connectivity index (χ1) is 9.20. The minimum Gasteiger partial charge on any atom is -0.382 e. The summed E-state index contributed by atoms with van der Waals surface area (Å²) in [5, 5.41) is 3.44. The zero-order chi connectivity index (χ0) is 15.4. The molecule has 0 aromatic heterocycles. The van der Waals surface area contributed by atoms with Gasteiger partial charge in [-0.3, -0.25) is 0 Å². The summed E-state index contributed by atoms with van der Waals surface area (Å²) >= 11 is 5.85. The molecule has 1 N–H and O–H groups in total. The van der Waals surface area contributed by atoms with Crippen LogP contribution in [-0.4, -0.2) is 26.1 Å². The van der Waals surface area contributed by atoms with E-state index in [2.05, 4.69) is 26.1 Å². The largest absolute Gasteiger partial charge is 0.382 e. The van der Waals surface area contributed by atoms with Crippen molar-refractivity contribution in [2.75, 3.05) is 16.9 Å². The van der Waals surface area contributed by atoms with E-state index in [9.17, 15) is 8.42 Å². The van der Waals surface area contributed by atoms with Crippen LogP contribution in [0.25, 0.3) is 0 Å². The molecule has 20 heavy (non-hydrogen) atoms. The van der Waals surface area contributed by atoms with Gasteiger partial charge in [-0.2, -0.15) is 0 Å². The Labute approximate surface area is 127 Å². The van der Waals surface area contributed by atoms with Crippen molar-refractivity contribution in [3.8, 4) is 0 Å². The van der Waals surface area contributed by atoms with Crippen LogP contribution in [0.3, 0.4) is 0 Å². The highest BCUT2D eigenvalue weighted by Gasteiger charge is 2.24. The van der Waals surface area contributed by atoms with Crippen molar-refractivity contribution in [2.45, 2.75) is 45.1 Å². The van der Waals surface area contributed by atoms with Gasteiger partial charge in [0.25, 0.3) is 0 Å². The van der Waals surface area contributed by atoms with E-state index in [1.165, 1.54) is 0 Å². The highest BCUT2D eigenvalue weighted by Crippen LogP contribution is 2.26. The molecule has 0 aliphatic rings. The molecule has 0 saturated carbocycles. The fraction of sp³-hybridized carbons (Fsp3) is 0.600. The second kappa shape index (κ2) is 6.81. The Morgan fingerprint density at radius 3 is 2.15 bits per heavy atom. The van der Waals surface area contributed by atoms with Crippen LogP contribution in [0.5, 0.6) is 0 Å². The van der Waals surface area contributed by atoms with Crippen molar-refractivity contribution in [1.29, 1.82) is 0 Å². The Kier molecular flexibility index (Phi) is 5.90. The van der Waals surface area contributed by atoms with Gasteiger partial charge in [0, 0.05) is 17.6 Å². The van der Waals surface area contributed by atoms with Crippen LogP contribution in [0.15, 0.2) is 29.2 Å². The first-order valence-corrected chi connectivity index (χ1v) is 9.04. The summed E-state index contributed by atoms with van der Waals surface area (Å²) in [7, 11) is -3.13. The highest BCUT2D eigenvalue weighted by atomic mass is 35.5. The maximum atomic E-state index is 11.8. The number of hydrogen-bond donors (Lipinski definition) is 1. The maximum Gasteiger partial charge on any atom is 0.178 e. The summed E-state index contributed by atoms with van der Waals surface area (Å²) in [4.78, 5) is 0.371. The summed E-state index contributed by atoms with van der Waals surface area (Å²) in [6, 6.07) is 7.18. The van der Waals surface area contributed by atoms with Gasteiger partial charge in [0.2, 0.25) is 0 Å². The minimum absolute atomic E-state index is 0.0864. The second-order valence-corrected chi connectivity index (χ2v) is 8.62. The van der Waals surface area contributed by atoms with Gasteiger partial charge in [-0.25, -0.2) is 8.42 Å². The molecule has 1 aromatic rings. The SMILES string of the molecule is CCS(=O)(=O)c1ccc(NC(CCCl)C(C)(C)C)cc1. The van der Waals surface area contributed by atoms with Crippen molar-refractivity contribution in [3.05, 3.63) is 24.3 Å². The van der Waals surface area contributed by atoms with Crippen molar-refractivity contribution >= 4 is 27.1 Å². The van der Waals surface area contributed by atoms with Crippen LogP contribution in [0.1, 0.15) is 34.1 Å². The van der Waals surface area contributed by atoms with Gasteiger partial charge < -0.3 is 5.32 Å². The molecule has 0 amide bonds. The number of halogens is 1. The van der Waals surface area contributed by atoms with Gasteiger partial charge in [0.1, 0.15) is 0 Å². The normalized spacial score (nSPS) is 14.1. The fourth-order valence-electron chi connectivity index (χ4n) is 1.96. The molecule has 0 bridgehead atoms. The lowest BCUT2D eigenvalue weighted by Crippen LogP contribution is -2.34. The van der Waals surface area contributed by atoms with Gasteiger partial charge in [-0.1, -0.05) is 27.7 Å². The summed E-state index contributed by atoms with van der Waals surface area (Å²) in [6.07, 6.45) is 0.861. The van der Waals surface area contributed by atoms with Crippen LogP contribution < -0.4 is 5.32 Å². The Hall–Kier alpha value is -0.740. The standard InChI is InChI=1S/C15H24ClNO2S/c1-5-20(18,19)13-8-6-12(7-9-13)17-14(10-11-16)15(2,3)4/h6-9,14,17H,5,10-11H2,1-4H3. The molecule has 1 rings (SSSR count). The number of benzene rings is 1. The number of anilines is 1. The van der Waals surface area contributed by atoms with Crippen molar-refractivity contribution in [2.24, 2.45) is 5.41 Å². The summed E-state index contributed by atoms with van der Waals surface area (Å²) in [5.41, 5.74) is 1.01. The van der Waals surface area contributed by atoms with E-state index in [1.54, 1.807) is 19.1 Å². The van der Waals surface area contributed by atoms with Crippen molar-refractivity contribution in [3.63, 3.8) is 0 Å². The number of hydrogen-bond acceptors (Lipinski definition) is 3. The molecule has 0 aliphatic heterocycles. The van der Waals surface area contributed by atoms with E-state index >= 15 is 0 Å². The zero-order valence-electron chi connectivity index (χ0n) is 12.6. The topological polar surface area (TPSA) is 46.2 Å². The Balaban J connectivity index is 2.89. The van der Waals surface area contributed by atoms with Crippen LogP contribution >= 0.6 is 11.6 Å². The molecule has 0 spiro atoms. The van der Waals surface area contributed by atoms with Crippen LogP contribution in [0.2, 0.25) is 0 Å². The number of sulfone groups is 1. The third kappa shape index (κ3) is 4.67. The van der Waals surface area contributed by atoms with Gasteiger partial charge >= 0.3 is 0 Å². The molecule has 1 unspecified atom stereocenters. The molecule has 0 radical (unpaired) electrons. The lowest BCUT2D eigenvalue weighted by Gasteiger charge is -2.32. The first-order valence-electron chi connectivity index (χ1n) is 6.86. The molecular weight excluding hydrogens is 294 g/mol. The molecule has 1 aromatic carbocycles. The summed E-state index contributed by atoms with van der Waals surface area (Å²) in [5.74, 6) is 0.716. The molecule has 114 valence electrons. The lowest BCUT2D eigenvalue weighted by atomic mass is 9.85. The number of alkyl halides is 1. The molecule has 1 atom stereocenters. The van der Waals surface area contributed by atoms with Gasteiger partial charge in [-0.15, -0.1) is 11.6 Å². The molecule has 0 aliphatic carbocycles. The van der Waals surface area contributed by atoms with E-state index < -0.39 is 9.84 Å². The Morgan fingerprint density at radius 2 is 1.75 bits per heavy atom. The fourth-order valence-corrected chi connectivity index (χ4v) is 3.06. The van der Waals surface area contributed by atoms with Crippen molar-refractivity contribution < 1.29 is 8.42 Å². The van der Waals surface area contributed by atoms with Gasteiger partial charge in [0.15, 0.2) is 9.84 Å². The predicted octanol–water partition coefficient (Wildman–Crippen LogP) is 3.94. The van der Waals surface area contributed by atoms with E-state index in [0.29, 0.717) is 10.8 Å². The van der Waals surface area contributed by atoms with Gasteiger partial charge in [-0.05, 0) is 36.1 Å². The number of rotatable bonds is 6. The van der Waals surface area contributed by atoms with E-state index in [1.807, 2.05) is 12.1 Å². The first kappa shape index (κ1) is 17.3. The zero-order valence-corrected chi connectivity index (χ0v) is 14.2. The maximum absolute atomic E-state index is 11.8. The van der Waals surface area contributed by atoms with E-state index in [0.717, 1.165) is 12.1 Å². The monoisotopic (exact) mass is 317 g/mol. The Bertz CT molecular complexity index is 518. The lowest BCUT2D eigenvalue weighted by molar-refractivity contribution is 0.334. The summed E-state index contributed by atoms with van der Waals surface area (Å²) in [6.45, 7) is 8.13. The van der Waals surface area contributed by atoms with E-state index in [4.69, 9.17) is 11.6 Å². The molecular formula is C15H24ClNO2S. The summed E-state index contributed by atoms with van der Waals surface area (Å²) < 4.78 is 23.5. The molecule has 0 saturated heterocycles. The quantitative estimate of drug-likeness (QED) is 0.808. The third-order valence-electron chi connectivity index (χ3n) is 3.38. The van der Waals surface area contributed by atoms with Crippen LogP contribution in [0.4, 0.5) is 5.69 Å². The van der Waals surface area contributed by atoms with Crippen molar-refractivity contribution in [1.82, 2.24) is 0 Å².